The summed E-state index contributed by atoms with van der Waals surface area (Å²) < 4.78 is 32.5. The summed E-state index contributed by atoms with van der Waals surface area (Å²) in [5.41, 5.74) is 1.77. The van der Waals surface area contributed by atoms with E-state index in [-0.39, 0.29) is 19.2 Å². The molecule has 5 rings (SSSR count). The van der Waals surface area contributed by atoms with Crippen LogP contribution in [0.1, 0.15) is 31.9 Å². The molecule has 1 aromatic heterocycles. The number of rotatable bonds is 8. The van der Waals surface area contributed by atoms with Crippen molar-refractivity contribution in [2.24, 2.45) is 0 Å². The number of benzene rings is 2. The number of hydrogen-bond acceptors (Lipinski definition) is 8. The minimum absolute atomic E-state index is 0.0708. The van der Waals surface area contributed by atoms with E-state index in [4.69, 9.17) is 19.8 Å². The van der Waals surface area contributed by atoms with Crippen molar-refractivity contribution in [2.45, 2.75) is 41.9 Å². The highest BCUT2D eigenvalue weighted by molar-refractivity contribution is 7.92. The standard InChI is InChI=1S/C28H33N5O5S/c1-20-19-38-17-15-33(20)25-18-24(28(12-5-13-28)39(36,37)23-6-3-2-4-7-23)31-26(32-25)21-8-10-22(11-9-21)30-27(35)29-14-16-34/h2-4,6-11,18,20,34H,5,12-17,19H2,1H3,(H2,29,30,35)/t20-/m0/s1. The number of aliphatic hydroxyl groups excluding tert-OH is 1. The fourth-order valence-corrected chi connectivity index (χ4v) is 7.22. The number of nitrogens with zero attached hydrogens (tertiary/aromatic N) is 3. The molecule has 0 spiro atoms. The Morgan fingerprint density at radius 1 is 1.13 bits per heavy atom. The maximum Gasteiger partial charge on any atom is 0.319 e. The van der Waals surface area contributed by atoms with E-state index in [9.17, 15) is 13.2 Å². The number of carbonyl (C=O) groups is 1. The van der Waals surface area contributed by atoms with E-state index in [1.165, 1.54) is 0 Å². The number of anilines is 2. The van der Waals surface area contributed by atoms with Gasteiger partial charge in [0.1, 0.15) is 10.6 Å². The molecule has 0 bridgehead atoms. The first kappa shape index (κ1) is 27.0. The van der Waals surface area contributed by atoms with Crippen LogP contribution in [-0.2, 0) is 19.3 Å². The predicted molar refractivity (Wildman–Crippen MR) is 148 cm³/mol. The van der Waals surface area contributed by atoms with Gasteiger partial charge < -0.3 is 25.4 Å². The van der Waals surface area contributed by atoms with E-state index >= 15 is 0 Å². The van der Waals surface area contributed by atoms with Crippen molar-refractivity contribution in [2.75, 3.05) is 43.1 Å². The minimum Gasteiger partial charge on any atom is -0.395 e. The first-order valence-corrected chi connectivity index (χ1v) is 14.6. The van der Waals surface area contributed by atoms with Gasteiger partial charge in [0.2, 0.25) is 0 Å². The Bertz CT molecular complexity index is 1410. The molecule has 1 saturated carbocycles. The van der Waals surface area contributed by atoms with Crippen molar-refractivity contribution < 1.29 is 23.1 Å². The van der Waals surface area contributed by atoms with Gasteiger partial charge in [-0.1, -0.05) is 18.2 Å². The zero-order chi connectivity index (χ0) is 27.5. The van der Waals surface area contributed by atoms with Crippen molar-refractivity contribution in [3.8, 4) is 11.4 Å². The molecule has 3 N–H and O–H groups in total. The Morgan fingerprint density at radius 2 is 1.87 bits per heavy atom. The lowest BCUT2D eigenvalue weighted by Crippen LogP contribution is -2.46. The minimum atomic E-state index is -3.71. The zero-order valence-corrected chi connectivity index (χ0v) is 22.7. The average Bonchev–Trinajstić information content (AvgIpc) is 2.92. The molecule has 2 aliphatic rings. The smallest absolute Gasteiger partial charge is 0.319 e. The number of nitrogens with one attached hydrogen (secondary N) is 2. The molecule has 1 aliphatic carbocycles. The van der Waals surface area contributed by atoms with E-state index in [0.29, 0.717) is 66.1 Å². The molecule has 3 aromatic rings. The number of morpholine rings is 1. The van der Waals surface area contributed by atoms with Crippen LogP contribution in [0.2, 0.25) is 0 Å². The number of aliphatic hydroxyl groups is 1. The Morgan fingerprint density at radius 3 is 2.51 bits per heavy atom. The summed E-state index contributed by atoms with van der Waals surface area (Å²) in [6.07, 6.45) is 1.78. The van der Waals surface area contributed by atoms with E-state index in [2.05, 4.69) is 22.5 Å². The van der Waals surface area contributed by atoms with Crippen LogP contribution in [0, 0.1) is 0 Å². The summed E-state index contributed by atoms with van der Waals surface area (Å²) in [6.45, 7) is 3.82. The van der Waals surface area contributed by atoms with Gasteiger partial charge in [0, 0.05) is 30.4 Å². The lowest BCUT2D eigenvalue weighted by molar-refractivity contribution is 0.0985. The maximum atomic E-state index is 14.0. The number of amides is 2. The monoisotopic (exact) mass is 551 g/mol. The van der Waals surface area contributed by atoms with Crippen LogP contribution in [-0.4, -0.2) is 68.5 Å². The first-order valence-electron chi connectivity index (χ1n) is 13.1. The number of carbonyl (C=O) groups excluding carboxylic acids is 1. The SMILES string of the molecule is C[C@H]1COCCN1c1cc(C2(S(=O)(=O)c3ccccc3)CCC2)nc(-c2ccc(NC(=O)NCCO)cc2)n1. The third-order valence-corrected chi connectivity index (χ3v) is 9.91. The van der Waals surface area contributed by atoms with Crippen LogP contribution >= 0.6 is 0 Å². The molecule has 10 nitrogen and oxygen atoms in total. The molecule has 1 atom stereocenters. The normalized spacial score (nSPS) is 18.7. The predicted octanol–water partition coefficient (Wildman–Crippen LogP) is 3.34. The second kappa shape index (κ2) is 11.3. The fourth-order valence-electron chi connectivity index (χ4n) is 5.04. The van der Waals surface area contributed by atoms with Crippen molar-refractivity contribution in [1.29, 1.82) is 0 Å². The molecule has 2 amide bonds. The van der Waals surface area contributed by atoms with Gasteiger partial charge in [-0.05, 0) is 62.6 Å². The molecular weight excluding hydrogens is 518 g/mol. The van der Waals surface area contributed by atoms with Gasteiger partial charge >= 0.3 is 6.03 Å². The molecule has 39 heavy (non-hydrogen) atoms. The number of urea groups is 1. The van der Waals surface area contributed by atoms with Crippen LogP contribution in [0.25, 0.3) is 11.4 Å². The highest BCUT2D eigenvalue weighted by Gasteiger charge is 2.52. The van der Waals surface area contributed by atoms with Crippen LogP contribution in [0.15, 0.2) is 65.6 Å². The molecule has 2 heterocycles. The third kappa shape index (κ3) is 5.34. The van der Waals surface area contributed by atoms with Crippen LogP contribution in [0.4, 0.5) is 16.3 Å². The van der Waals surface area contributed by atoms with Crippen LogP contribution < -0.4 is 15.5 Å². The second-order valence-corrected chi connectivity index (χ2v) is 12.2. The Balaban J connectivity index is 1.56. The highest BCUT2D eigenvalue weighted by Crippen LogP contribution is 2.51. The average molecular weight is 552 g/mol. The van der Waals surface area contributed by atoms with Crippen LogP contribution in [0.3, 0.4) is 0 Å². The summed E-state index contributed by atoms with van der Waals surface area (Å²) in [7, 11) is -3.71. The van der Waals surface area contributed by atoms with Gasteiger partial charge in [0.05, 0.1) is 36.5 Å². The molecule has 0 unspecified atom stereocenters. The largest absolute Gasteiger partial charge is 0.395 e. The third-order valence-electron chi connectivity index (χ3n) is 7.37. The molecule has 2 aromatic carbocycles. The second-order valence-electron chi connectivity index (χ2n) is 9.90. The summed E-state index contributed by atoms with van der Waals surface area (Å²) in [5.74, 6) is 1.10. The zero-order valence-electron chi connectivity index (χ0n) is 21.8. The van der Waals surface area contributed by atoms with Gasteiger partial charge in [-0.2, -0.15) is 0 Å². The Hall–Kier alpha value is -3.54. The Kier molecular flexibility index (Phi) is 7.83. The molecule has 2 fully saturated rings. The first-order chi connectivity index (χ1) is 18.8. The van der Waals surface area contributed by atoms with Gasteiger partial charge in [0.15, 0.2) is 15.7 Å². The summed E-state index contributed by atoms with van der Waals surface area (Å²) >= 11 is 0. The molecule has 0 radical (unpaired) electrons. The summed E-state index contributed by atoms with van der Waals surface area (Å²) in [6, 6.07) is 17.1. The summed E-state index contributed by atoms with van der Waals surface area (Å²) in [5, 5.41) is 14.1. The highest BCUT2D eigenvalue weighted by atomic mass is 32.2. The van der Waals surface area contributed by atoms with Crippen molar-refractivity contribution in [3.05, 3.63) is 66.4 Å². The molecular formula is C28H33N5O5S. The van der Waals surface area contributed by atoms with E-state index < -0.39 is 20.6 Å². The molecule has 11 heteroatoms. The topological polar surface area (TPSA) is 134 Å². The van der Waals surface area contributed by atoms with E-state index in [1.807, 2.05) is 12.1 Å². The van der Waals surface area contributed by atoms with Crippen molar-refractivity contribution in [1.82, 2.24) is 15.3 Å². The van der Waals surface area contributed by atoms with Gasteiger partial charge in [0.25, 0.3) is 0 Å². The van der Waals surface area contributed by atoms with Gasteiger partial charge in [-0.3, -0.25) is 0 Å². The van der Waals surface area contributed by atoms with E-state index in [0.717, 1.165) is 6.42 Å². The fraction of sp³-hybridized carbons (Fsp3) is 0.393. The van der Waals surface area contributed by atoms with E-state index in [1.54, 1.807) is 48.5 Å². The molecule has 1 aliphatic heterocycles. The molecule has 1 saturated heterocycles. The maximum absolute atomic E-state index is 14.0. The molecule has 206 valence electrons. The quantitative estimate of drug-likeness (QED) is 0.388. The van der Waals surface area contributed by atoms with Crippen molar-refractivity contribution >= 4 is 27.4 Å². The van der Waals surface area contributed by atoms with Crippen LogP contribution in [0.5, 0.6) is 0 Å². The van der Waals surface area contributed by atoms with Gasteiger partial charge in [-0.25, -0.2) is 23.2 Å². The number of sulfone groups is 1. The lowest BCUT2D eigenvalue weighted by Gasteiger charge is -2.41. The summed E-state index contributed by atoms with van der Waals surface area (Å²) in [4.78, 5) is 24.1. The number of ether oxygens (including phenoxy) is 1. The van der Waals surface area contributed by atoms with Crippen molar-refractivity contribution in [3.63, 3.8) is 0 Å². The van der Waals surface area contributed by atoms with Gasteiger partial charge in [-0.15, -0.1) is 0 Å². The number of hydrogen-bond donors (Lipinski definition) is 3. The number of aromatic nitrogens is 2. The lowest BCUT2D eigenvalue weighted by atomic mass is 9.81. The Labute approximate surface area is 228 Å².